The number of carbonyl (C=O) groups is 1. The second-order valence-electron chi connectivity index (χ2n) is 13.7. The van der Waals surface area contributed by atoms with Gasteiger partial charge in [0.2, 0.25) is 0 Å². The van der Waals surface area contributed by atoms with E-state index in [0.29, 0.717) is 38.9 Å². The number of hydrogen-bond donors (Lipinski definition) is 1. The van der Waals surface area contributed by atoms with Crippen LogP contribution in [0.25, 0.3) is 0 Å². The highest BCUT2D eigenvalue weighted by molar-refractivity contribution is 6.99. The van der Waals surface area contributed by atoms with E-state index < -0.39 is 27.4 Å². The fourth-order valence-corrected chi connectivity index (χ4v) is 16.4. The Bertz CT molecular complexity index is 1280. The lowest BCUT2D eigenvalue weighted by molar-refractivity contribution is -0.159. The summed E-state index contributed by atoms with van der Waals surface area (Å²) in [4.78, 5) is 13.6. The molecule has 6 heteroatoms. The van der Waals surface area contributed by atoms with E-state index in [1.54, 1.807) is 0 Å². The third-order valence-corrected chi connectivity index (χ3v) is 19.5. The van der Waals surface area contributed by atoms with Gasteiger partial charge in [0.1, 0.15) is 5.41 Å². The highest BCUT2D eigenvalue weighted by Crippen LogP contribution is 2.62. The number of esters is 1. The van der Waals surface area contributed by atoms with Crippen LogP contribution in [0.5, 0.6) is 0 Å². The molecule has 1 N–H and O–H groups in total. The third kappa shape index (κ3) is 4.97. The van der Waals surface area contributed by atoms with Crippen LogP contribution in [0.2, 0.25) is 23.7 Å². The second kappa shape index (κ2) is 11.3. The smallest absolute Gasteiger partial charge is 0.315 e. The molecule has 1 aliphatic heterocycles. The molecule has 5 rings (SSSR count). The normalized spacial score (nSPS) is 25.0. The molecule has 41 heavy (non-hydrogen) atoms. The standard InChI is InChI=1S/C35H46O4Si2/c1-33(2,3)41(29-19-11-7-12-20-29,30-21-13-8-14-22-30)39-26-16-24-34(37)23-15-25-35(34)31(27-38-32(35)36)40(4,5)28-17-9-6-10-18-28/h6-14,17-22,31,37H,15-16,23-27H2,1-5H3/t31-,34?,35?/m0/s1. The zero-order valence-corrected chi connectivity index (χ0v) is 27.4. The molecule has 3 aromatic carbocycles. The Hall–Kier alpha value is -2.52. The van der Waals surface area contributed by atoms with Crippen LogP contribution in [-0.2, 0) is 14.0 Å². The van der Waals surface area contributed by atoms with Crippen molar-refractivity contribution in [1.82, 2.24) is 0 Å². The summed E-state index contributed by atoms with van der Waals surface area (Å²) in [5.74, 6) is -0.188. The molecule has 1 spiro atoms. The fourth-order valence-electron chi connectivity index (χ4n) is 8.07. The Morgan fingerprint density at radius 1 is 0.854 bits per heavy atom. The lowest BCUT2D eigenvalue weighted by Gasteiger charge is -2.46. The number of benzene rings is 3. The summed E-state index contributed by atoms with van der Waals surface area (Å²) in [6.45, 7) is 12.5. The third-order valence-electron chi connectivity index (χ3n) is 10.2. The minimum Gasteiger partial charge on any atom is -0.465 e. The highest BCUT2D eigenvalue weighted by atomic mass is 28.4. The van der Waals surface area contributed by atoms with Crippen molar-refractivity contribution in [2.45, 2.75) is 82.1 Å². The van der Waals surface area contributed by atoms with E-state index in [9.17, 15) is 9.90 Å². The Balaban J connectivity index is 1.41. The lowest BCUT2D eigenvalue weighted by Crippen LogP contribution is -2.66. The van der Waals surface area contributed by atoms with Crippen LogP contribution < -0.4 is 15.6 Å². The summed E-state index contributed by atoms with van der Waals surface area (Å²) < 4.78 is 13.0. The average molecular weight is 587 g/mol. The van der Waals surface area contributed by atoms with Crippen molar-refractivity contribution in [1.29, 1.82) is 0 Å². The molecule has 3 atom stereocenters. The summed E-state index contributed by atoms with van der Waals surface area (Å²) in [5, 5.41) is 16.1. The molecule has 4 nitrogen and oxygen atoms in total. The summed E-state index contributed by atoms with van der Waals surface area (Å²) in [7, 11) is -4.79. The minimum absolute atomic E-state index is 0.0370. The van der Waals surface area contributed by atoms with Crippen LogP contribution in [0.15, 0.2) is 91.0 Å². The first kappa shape index (κ1) is 30.0. The van der Waals surface area contributed by atoms with Gasteiger partial charge in [-0.05, 0) is 47.5 Å². The van der Waals surface area contributed by atoms with E-state index in [2.05, 4.69) is 119 Å². The van der Waals surface area contributed by atoms with Gasteiger partial charge in [-0.3, -0.25) is 4.79 Å². The molecule has 1 saturated heterocycles. The predicted octanol–water partition coefficient (Wildman–Crippen LogP) is 5.79. The first-order valence-electron chi connectivity index (χ1n) is 15.2. The Kier molecular flexibility index (Phi) is 8.25. The molecule has 0 amide bonds. The van der Waals surface area contributed by atoms with E-state index in [-0.39, 0.29) is 16.5 Å². The topological polar surface area (TPSA) is 55.8 Å². The first-order valence-corrected chi connectivity index (χ1v) is 20.2. The monoisotopic (exact) mass is 586 g/mol. The zero-order valence-electron chi connectivity index (χ0n) is 25.4. The van der Waals surface area contributed by atoms with Crippen molar-refractivity contribution < 1.29 is 19.1 Å². The molecule has 1 heterocycles. The van der Waals surface area contributed by atoms with Crippen molar-refractivity contribution in [2.75, 3.05) is 13.2 Å². The number of rotatable bonds is 9. The van der Waals surface area contributed by atoms with Crippen LogP contribution in [0.1, 0.15) is 52.9 Å². The molecular formula is C35H46O4Si2. The molecule has 0 radical (unpaired) electrons. The van der Waals surface area contributed by atoms with Gasteiger partial charge in [0.25, 0.3) is 8.32 Å². The molecule has 1 saturated carbocycles. The number of hydrogen-bond acceptors (Lipinski definition) is 4. The maximum absolute atomic E-state index is 13.6. The van der Waals surface area contributed by atoms with Gasteiger partial charge in [-0.2, -0.15) is 0 Å². The number of carbonyl (C=O) groups excluding carboxylic acids is 1. The highest BCUT2D eigenvalue weighted by Gasteiger charge is 2.69. The van der Waals surface area contributed by atoms with Crippen molar-refractivity contribution in [3.63, 3.8) is 0 Å². The fraction of sp³-hybridized carbons (Fsp3) is 0.457. The van der Waals surface area contributed by atoms with Crippen molar-refractivity contribution in [3.05, 3.63) is 91.0 Å². The summed E-state index contributed by atoms with van der Waals surface area (Å²) in [6, 6.07) is 31.9. The molecule has 2 fully saturated rings. The minimum atomic E-state index is -2.66. The summed E-state index contributed by atoms with van der Waals surface area (Å²) in [6.07, 6.45) is 3.41. The quantitative estimate of drug-likeness (QED) is 0.196. The molecule has 218 valence electrons. The Morgan fingerprint density at radius 2 is 1.37 bits per heavy atom. The van der Waals surface area contributed by atoms with Gasteiger partial charge in [0, 0.05) is 12.1 Å². The molecule has 0 bridgehead atoms. The van der Waals surface area contributed by atoms with E-state index in [1.165, 1.54) is 15.6 Å². The van der Waals surface area contributed by atoms with E-state index in [4.69, 9.17) is 9.16 Å². The van der Waals surface area contributed by atoms with E-state index in [1.807, 2.05) is 6.07 Å². The van der Waals surface area contributed by atoms with Gasteiger partial charge in [-0.25, -0.2) is 0 Å². The van der Waals surface area contributed by atoms with Crippen molar-refractivity contribution in [3.8, 4) is 0 Å². The maximum Gasteiger partial charge on any atom is 0.315 e. The molecule has 0 aromatic heterocycles. The molecule has 2 unspecified atom stereocenters. The van der Waals surface area contributed by atoms with Gasteiger partial charge in [0.15, 0.2) is 0 Å². The SMILES string of the molecule is CC(C)(C)[Si](OCCCC1(O)CCCC12C(=O)OC[C@@H]2[Si](C)(C)c1ccccc1)(c1ccccc1)c1ccccc1. The van der Waals surface area contributed by atoms with Crippen LogP contribution >= 0.6 is 0 Å². The Morgan fingerprint density at radius 3 is 1.88 bits per heavy atom. The number of cyclic esters (lactones) is 1. The maximum atomic E-state index is 13.6. The second-order valence-corrected chi connectivity index (χ2v) is 22.7. The molecular weight excluding hydrogens is 541 g/mol. The van der Waals surface area contributed by atoms with Crippen LogP contribution in [-0.4, -0.2) is 46.3 Å². The number of ether oxygens (including phenoxy) is 1. The Labute approximate surface area is 248 Å². The van der Waals surface area contributed by atoms with E-state index >= 15 is 0 Å². The van der Waals surface area contributed by atoms with Crippen LogP contribution in [0, 0.1) is 5.41 Å². The van der Waals surface area contributed by atoms with Crippen molar-refractivity contribution >= 4 is 37.9 Å². The largest absolute Gasteiger partial charge is 0.465 e. The van der Waals surface area contributed by atoms with E-state index in [0.717, 1.165) is 6.42 Å². The van der Waals surface area contributed by atoms with Gasteiger partial charge in [-0.1, -0.05) is 130 Å². The van der Waals surface area contributed by atoms with Gasteiger partial charge in [0.05, 0.1) is 20.3 Å². The molecule has 2 aliphatic rings. The van der Waals surface area contributed by atoms with Gasteiger partial charge in [-0.15, -0.1) is 0 Å². The van der Waals surface area contributed by atoms with Gasteiger partial charge >= 0.3 is 5.97 Å². The molecule has 3 aromatic rings. The molecule has 1 aliphatic carbocycles. The van der Waals surface area contributed by atoms with Crippen LogP contribution in [0.3, 0.4) is 0 Å². The van der Waals surface area contributed by atoms with Crippen molar-refractivity contribution in [2.24, 2.45) is 5.41 Å². The van der Waals surface area contributed by atoms with Crippen LogP contribution in [0.4, 0.5) is 0 Å². The number of aliphatic hydroxyl groups is 1. The first-order chi connectivity index (χ1) is 19.5. The zero-order chi connectivity index (χ0) is 29.4. The predicted molar refractivity (Wildman–Crippen MR) is 172 cm³/mol. The summed E-state index contributed by atoms with van der Waals surface area (Å²) in [5.41, 5.74) is -1.88. The average Bonchev–Trinajstić information content (AvgIpc) is 3.49. The lowest BCUT2D eigenvalue weighted by atomic mass is 9.70. The summed E-state index contributed by atoms with van der Waals surface area (Å²) >= 11 is 0. The van der Waals surface area contributed by atoms with Gasteiger partial charge < -0.3 is 14.3 Å².